The van der Waals surface area contributed by atoms with Gasteiger partial charge in [0.2, 0.25) is 0 Å². The average Bonchev–Trinajstić information content (AvgIpc) is 2.28. The molecule has 78 valence electrons. The molecule has 0 aliphatic heterocycles. The summed E-state index contributed by atoms with van der Waals surface area (Å²) in [6, 6.07) is 0. The molecule has 0 spiro atoms. The number of hydrogen-bond donors (Lipinski definition) is 0. The Morgan fingerprint density at radius 1 is 1.07 bits per heavy atom. The minimum atomic E-state index is 0.764. The van der Waals surface area contributed by atoms with Gasteiger partial charge >= 0.3 is 0 Å². The van der Waals surface area contributed by atoms with Gasteiger partial charge < -0.3 is 0 Å². The SMILES string of the molecule is C=CC1CC=CCC1.C=CCCC=C. The summed E-state index contributed by atoms with van der Waals surface area (Å²) in [5.41, 5.74) is 0. The van der Waals surface area contributed by atoms with Crippen LogP contribution in [0.3, 0.4) is 0 Å². The van der Waals surface area contributed by atoms with Gasteiger partial charge in [0, 0.05) is 0 Å². The third kappa shape index (κ3) is 7.60. The Balaban J connectivity index is 0.000000255. The van der Waals surface area contributed by atoms with E-state index in [0.29, 0.717) is 0 Å². The Kier molecular flexibility index (Phi) is 9.30. The molecule has 0 heteroatoms. The molecule has 0 nitrogen and oxygen atoms in total. The molecular weight excluding hydrogens is 168 g/mol. The van der Waals surface area contributed by atoms with Gasteiger partial charge in [0.15, 0.2) is 0 Å². The van der Waals surface area contributed by atoms with Crippen LogP contribution >= 0.6 is 0 Å². The highest BCUT2D eigenvalue weighted by Crippen LogP contribution is 2.17. The molecule has 0 bridgehead atoms. The van der Waals surface area contributed by atoms with Crippen molar-refractivity contribution in [3.05, 3.63) is 50.1 Å². The van der Waals surface area contributed by atoms with Crippen molar-refractivity contribution in [3.63, 3.8) is 0 Å². The number of allylic oxidation sites excluding steroid dienone is 5. The lowest BCUT2D eigenvalue weighted by Gasteiger charge is -2.11. The molecule has 0 heterocycles. The minimum absolute atomic E-state index is 0.764. The van der Waals surface area contributed by atoms with Gasteiger partial charge in [-0.1, -0.05) is 30.4 Å². The predicted molar refractivity (Wildman–Crippen MR) is 66.3 cm³/mol. The zero-order valence-corrected chi connectivity index (χ0v) is 9.12. The Bertz CT molecular complexity index is 178. The Labute approximate surface area is 88.7 Å². The van der Waals surface area contributed by atoms with Crippen molar-refractivity contribution in [1.82, 2.24) is 0 Å². The molecule has 1 aliphatic rings. The second-order valence-corrected chi connectivity index (χ2v) is 3.43. The molecular formula is C14H22. The molecule has 1 unspecified atom stereocenters. The second-order valence-electron chi connectivity index (χ2n) is 3.43. The largest absolute Gasteiger partial charge is 0.103 e. The van der Waals surface area contributed by atoms with E-state index in [1.165, 1.54) is 19.3 Å². The Hall–Kier alpha value is -1.04. The van der Waals surface area contributed by atoms with E-state index in [9.17, 15) is 0 Å². The molecule has 0 aromatic carbocycles. The Morgan fingerprint density at radius 2 is 1.71 bits per heavy atom. The summed E-state index contributed by atoms with van der Waals surface area (Å²) in [5.74, 6) is 0.764. The third-order valence-electron chi connectivity index (χ3n) is 2.22. The van der Waals surface area contributed by atoms with E-state index in [2.05, 4.69) is 38.0 Å². The van der Waals surface area contributed by atoms with Crippen molar-refractivity contribution in [2.45, 2.75) is 32.1 Å². The van der Waals surface area contributed by atoms with Crippen LogP contribution in [0, 0.1) is 5.92 Å². The average molecular weight is 190 g/mol. The highest BCUT2D eigenvalue weighted by atomic mass is 14.1. The van der Waals surface area contributed by atoms with Crippen molar-refractivity contribution in [2.75, 3.05) is 0 Å². The maximum Gasteiger partial charge on any atom is -0.0199 e. The van der Waals surface area contributed by atoms with E-state index in [1.54, 1.807) is 0 Å². The van der Waals surface area contributed by atoms with Gasteiger partial charge in [0.1, 0.15) is 0 Å². The standard InChI is InChI=1S/C8H12.C6H10/c1-2-8-6-4-3-5-7-8;1-3-5-6-4-2/h2-4,8H,1,5-7H2;3-4H,1-2,5-6H2. The van der Waals surface area contributed by atoms with Crippen molar-refractivity contribution in [1.29, 1.82) is 0 Å². The second kappa shape index (κ2) is 10.0. The van der Waals surface area contributed by atoms with Crippen LogP contribution in [0.4, 0.5) is 0 Å². The molecule has 0 saturated carbocycles. The van der Waals surface area contributed by atoms with Crippen LogP contribution < -0.4 is 0 Å². The molecule has 1 atom stereocenters. The zero-order chi connectivity index (χ0) is 10.6. The van der Waals surface area contributed by atoms with Gasteiger partial charge in [0.05, 0.1) is 0 Å². The van der Waals surface area contributed by atoms with Crippen molar-refractivity contribution >= 4 is 0 Å². The molecule has 1 aliphatic carbocycles. The van der Waals surface area contributed by atoms with Crippen LogP contribution in [0.15, 0.2) is 50.1 Å². The maximum atomic E-state index is 3.75. The minimum Gasteiger partial charge on any atom is -0.103 e. The van der Waals surface area contributed by atoms with Gasteiger partial charge in [0.25, 0.3) is 0 Å². The van der Waals surface area contributed by atoms with E-state index in [1.807, 2.05) is 12.2 Å². The molecule has 0 fully saturated rings. The lowest BCUT2D eigenvalue weighted by atomic mass is 9.95. The van der Waals surface area contributed by atoms with Gasteiger partial charge in [-0.3, -0.25) is 0 Å². The van der Waals surface area contributed by atoms with Crippen molar-refractivity contribution < 1.29 is 0 Å². The van der Waals surface area contributed by atoms with E-state index < -0.39 is 0 Å². The summed E-state index contributed by atoms with van der Waals surface area (Å²) in [6.45, 7) is 10.9. The third-order valence-corrected chi connectivity index (χ3v) is 2.22. The first-order chi connectivity index (χ1) is 6.85. The van der Waals surface area contributed by atoms with Gasteiger partial charge in [-0.2, -0.15) is 0 Å². The topological polar surface area (TPSA) is 0 Å². The maximum absolute atomic E-state index is 3.75. The first-order valence-electron chi connectivity index (χ1n) is 5.34. The molecule has 0 amide bonds. The molecule has 0 aromatic rings. The lowest BCUT2D eigenvalue weighted by Crippen LogP contribution is -1.96. The van der Waals surface area contributed by atoms with Gasteiger partial charge in [-0.05, 0) is 38.0 Å². The summed E-state index contributed by atoms with van der Waals surface area (Å²) >= 11 is 0. The molecule has 14 heavy (non-hydrogen) atoms. The smallest absolute Gasteiger partial charge is 0.0199 e. The van der Waals surface area contributed by atoms with Crippen LogP contribution in [0.2, 0.25) is 0 Å². The quantitative estimate of drug-likeness (QED) is 0.446. The lowest BCUT2D eigenvalue weighted by molar-refractivity contribution is 0.585. The fraction of sp³-hybridized carbons (Fsp3) is 0.429. The van der Waals surface area contributed by atoms with Crippen LogP contribution in [0.1, 0.15) is 32.1 Å². The molecule has 0 N–H and O–H groups in total. The van der Waals surface area contributed by atoms with Crippen LogP contribution in [0.25, 0.3) is 0 Å². The zero-order valence-electron chi connectivity index (χ0n) is 9.12. The number of hydrogen-bond acceptors (Lipinski definition) is 0. The first kappa shape index (κ1) is 13.0. The van der Waals surface area contributed by atoms with Crippen LogP contribution in [-0.4, -0.2) is 0 Å². The molecule has 1 rings (SSSR count). The summed E-state index contributed by atoms with van der Waals surface area (Å²) < 4.78 is 0. The Morgan fingerprint density at radius 3 is 2.00 bits per heavy atom. The summed E-state index contributed by atoms with van der Waals surface area (Å²) in [7, 11) is 0. The predicted octanol–water partition coefficient (Wildman–Crippen LogP) is 4.67. The van der Waals surface area contributed by atoms with E-state index in [-0.39, 0.29) is 0 Å². The highest BCUT2D eigenvalue weighted by molar-refractivity contribution is 4.95. The van der Waals surface area contributed by atoms with Crippen molar-refractivity contribution in [2.24, 2.45) is 5.92 Å². The number of unbranched alkanes of at least 4 members (excludes halogenated alkanes) is 1. The van der Waals surface area contributed by atoms with E-state index >= 15 is 0 Å². The van der Waals surface area contributed by atoms with Crippen LogP contribution in [0.5, 0.6) is 0 Å². The van der Waals surface area contributed by atoms with E-state index in [4.69, 9.17) is 0 Å². The summed E-state index contributed by atoms with van der Waals surface area (Å²) in [5, 5.41) is 0. The first-order valence-corrected chi connectivity index (χ1v) is 5.34. The van der Waals surface area contributed by atoms with Crippen molar-refractivity contribution in [3.8, 4) is 0 Å². The summed E-state index contributed by atoms with van der Waals surface area (Å²) in [4.78, 5) is 0. The number of rotatable bonds is 4. The normalized spacial score (nSPS) is 19.0. The fourth-order valence-corrected chi connectivity index (χ4v) is 1.27. The van der Waals surface area contributed by atoms with E-state index in [0.717, 1.165) is 18.8 Å². The highest BCUT2D eigenvalue weighted by Gasteiger charge is 2.02. The molecule has 0 saturated heterocycles. The molecule has 0 radical (unpaired) electrons. The monoisotopic (exact) mass is 190 g/mol. The molecule has 0 aromatic heterocycles. The van der Waals surface area contributed by atoms with Gasteiger partial charge in [-0.25, -0.2) is 0 Å². The van der Waals surface area contributed by atoms with Crippen LogP contribution in [-0.2, 0) is 0 Å². The fourth-order valence-electron chi connectivity index (χ4n) is 1.27. The van der Waals surface area contributed by atoms with Gasteiger partial charge in [-0.15, -0.1) is 19.7 Å². The summed E-state index contributed by atoms with van der Waals surface area (Å²) in [6.07, 6.45) is 16.2.